The Labute approximate surface area is 124 Å². The molecule has 21 heavy (non-hydrogen) atoms. The van der Waals surface area contributed by atoms with Gasteiger partial charge in [-0.1, -0.05) is 12.1 Å². The molecule has 0 radical (unpaired) electrons. The molecule has 0 fully saturated rings. The first-order valence-electron chi connectivity index (χ1n) is 7.35. The van der Waals surface area contributed by atoms with Crippen molar-refractivity contribution in [1.29, 1.82) is 0 Å². The quantitative estimate of drug-likeness (QED) is 0.815. The number of amides is 1. The van der Waals surface area contributed by atoms with E-state index in [1.807, 2.05) is 12.1 Å². The molecule has 1 heterocycles. The minimum Gasteiger partial charge on any atom is -0.469 e. The van der Waals surface area contributed by atoms with E-state index >= 15 is 0 Å². The Kier molecular flexibility index (Phi) is 5.33. The van der Waals surface area contributed by atoms with E-state index in [0.717, 1.165) is 36.1 Å². The number of fused-ring (bicyclic) bond motifs is 1. The Hall–Kier alpha value is -1.88. The summed E-state index contributed by atoms with van der Waals surface area (Å²) in [5.74, 6) is -0.129. The summed E-state index contributed by atoms with van der Waals surface area (Å²) in [4.78, 5) is 22.6. The van der Waals surface area contributed by atoms with Crippen LogP contribution in [0.4, 0.5) is 5.69 Å². The number of carbonyl (C=O) groups excluding carboxylic acids is 2. The molecule has 0 aliphatic carbocycles. The average molecular weight is 290 g/mol. The summed E-state index contributed by atoms with van der Waals surface area (Å²) in [6, 6.07) is 5.85. The molecule has 0 bridgehead atoms. The van der Waals surface area contributed by atoms with Crippen molar-refractivity contribution in [2.24, 2.45) is 5.73 Å². The van der Waals surface area contributed by atoms with E-state index in [1.54, 1.807) is 0 Å². The van der Waals surface area contributed by atoms with Crippen molar-refractivity contribution in [1.82, 2.24) is 0 Å². The molecule has 2 rings (SSSR count). The van der Waals surface area contributed by atoms with Crippen molar-refractivity contribution in [3.8, 4) is 0 Å². The summed E-state index contributed by atoms with van der Waals surface area (Å²) in [5, 5.41) is 2.91. The van der Waals surface area contributed by atoms with Gasteiger partial charge in [0, 0.05) is 24.6 Å². The number of benzene rings is 1. The van der Waals surface area contributed by atoms with Crippen molar-refractivity contribution in [2.75, 3.05) is 12.4 Å². The minimum atomic E-state index is -0.202. The highest BCUT2D eigenvalue weighted by molar-refractivity contribution is 5.92. The summed E-state index contributed by atoms with van der Waals surface area (Å²) in [6.45, 7) is 0. The number of aryl methyl sites for hydroxylation is 1. The first-order valence-corrected chi connectivity index (χ1v) is 7.35. The number of nitrogens with two attached hydrogens (primary N) is 1. The molecule has 1 unspecified atom stereocenters. The maximum absolute atomic E-state index is 11.5. The lowest BCUT2D eigenvalue weighted by Crippen LogP contribution is -2.13. The topological polar surface area (TPSA) is 81.4 Å². The first kappa shape index (κ1) is 15.5. The normalized spacial score (nSPS) is 15.6. The fourth-order valence-corrected chi connectivity index (χ4v) is 2.56. The van der Waals surface area contributed by atoms with E-state index in [-0.39, 0.29) is 17.9 Å². The van der Waals surface area contributed by atoms with Crippen LogP contribution in [0.15, 0.2) is 18.2 Å². The van der Waals surface area contributed by atoms with E-state index in [2.05, 4.69) is 16.1 Å². The summed E-state index contributed by atoms with van der Waals surface area (Å²) >= 11 is 0. The maximum Gasteiger partial charge on any atom is 0.305 e. The van der Waals surface area contributed by atoms with E-state index in [1.165, 1.54) is 7.11 Å². The van der Waals surface area contributed by atoms with Crippen molar-refractivity contribution in [3.05, 3.63) is 29.3 Å². The van der Waals surface area contributed by atoms with E-state index in [9.17, 15) is 9.59 Å². The highest BCUT2D eigenvalue weighted by atomic mass is 16.5. The zero-order chi connectivity index (χ0) is 15.2. The Bertz CT molecular complexity index is 528. The second-order valence-corrected chi connectivity index (χ2v) is 5.39. The molecule has 0 aromatic heterocycles. The van der Waals surface area contributed by atoms with Crippen molar-refractivity contribution in [2.45, 2.75) is 44.6 Å². The predicted molar refractivity (Wildman–Crippen MR) is 80.8 cm³/mol. The fourth-order valence-electron chi connectivity index (χ4n) is 2.56. The Balaban J connectivity index is 1.99. The number of carbonyl (C=O) groups is 2. The monoisotopic (exact) mass is 290 g/mol. The van der Waals surface area contributed by atoms with Crippen LogP contribution in [0.1, 0.15) is 49.3 Å². The SMILES string of the molecule is COC(=O)CCCC(N)c1ccc2c(c1)CCCC(=O)N2. The van der Waals surface area contributed by atoms with Gasteiger partial charge in [0.05, 0.1) is 7.11 Å². The summed E-state index contributed by atoms with van der Waals surface area (Å²) in [7, 11) is 1.39. The number of methoxy groups -OCH3 is 1. The third kappa shape index (κ3) is 4.29. The molecule has 0 saturated carbocycles. The van der Waals surface area contributed by atoms with Crippen LogP contribution in [-0.4, -0.2) is 19.0 Å². The number of esters is 1. The summed E-state index contributed by atoms with van der Waals surface area (Å²) in [5.41, 5.74) is 9.27. The molecule has 1 amide bonds. The molecule has 1 aromatic carbocycles. The highest BCUT2D eigenvalue weighted by Crippen LogP contribution is 2.26. The second kappa shape index (κ2) is 7.22. The van der Waals surface area contributed by atoms with Crippen molar-refractivity contribution >= 4 is 17.6 Å². The van der Waals surface area contributed by atoms with Crippen LogP contribution in [0, 0.1) is 0 Å². The van der Waals surface area contributed by atoms with Gasteiger partial charge in [0.2, 0.25) is 5.91 Å². The zero-order valence-corrected chi connectivity index (χ0v) is 12.4. The third-order valence-electron chi connectivity index (χ3n) is 3.81. The average Bonchev–Trinajstić information content (AvgIpc) is 2.66. The predicted octanol–water partition coefficient (Wildman–Crippen LogP) is 2.30. The number of rotatable bonds is 5. The van der Waals surface area contributed by atoms with Crippen LogP contribution in [0.5, 0.6) is 0 Å². The number of nitrogens with one attached hydrogen (secondary N) is 1. The smallest absolute Gasteiger partial charge is 0.305 e. The number of anilines is 1. The van der Waals surface area contributed by atoms with E-state index < -0.39 is 0 Å². The third-order valence-corrected chi connectivity index (χ3v) is 3.81. The number of ether oxygens (including phenoxy) is 1. The minimum absolute atomic E-state index is 0.0730. The van der Waals surface area contributed by atoms with Gasteiger partial charge in [-0.2, -0.15) is 0 Å². The molecule has 1 aliphatic heterocycles. The van der Waals surface area contributed by atoms with Crippen LogP contribution in [-0.2, 0) is 20.7 Å². The molecule has 0 saturated heterocycles. The lowest BCUT2D eigenvalue weighted by Gasteiger charge is -2.15. The molecule has 114 valence electrons. The maximum atomic E-state index is 11.5. The summed E-state index contributed by atoms with van der Waals surface area (Å²) < 4.78 is 4.62. The second-order valence-electron chi connectivity index (χ2n) is 5.39. The molecule has 1 aromatic rings. The largest absolute Gasteiger partial charge is 0.469 e. The van der Waals surface area contributed by atoms with Gasteiger partial charge >= 0.3 is 5.97 Å². The Morgan fingerprint density at radius 3 is 3.00 bits per heavy atom. The van der Waals surface area contributed by atoms with Crippen LogP contribution in [0.25, 0.3) is 0 Å². The first-order chi connectivity index (χ1) is 10.1. The number of hydrogen-bond acceptors (Lipinski definition) is 4. The van der Waals surface area contributed by atoms with Crippen molar-refractivity contribution < 1.29 is 14.3 Å². The van der Waals surface area contributed by atoms with Gasteiger partial charge in [-0.3, -0.25) is 9.59 Å². The van der Waals surface area contributed by atoms with Crippen LogP contribution in [0.3, 0.4) is 0 Å². The number of hydrogen-bond donors (Lipinski definition) is 2. The van der Waals surface area contributed by atoms with Crippen molar-refractivity contribution in [3.63, 3.8) is 0 Å². The lowest BCUT2D eigenvalue weighted by molar-refractivity contribution is -0.140. The molecular formula is C16H22N2O3. The van der Waals surface area contributed by atoms with Crippen LogP contribution >= 0.6 is 0 Å². The molecular weight excluding hydrogens is 268 g/mol. The van der Waals surface area contributed by atoms with Crippen LogP contribution in [0.2, 0.25) is 0 Å². The fraction of sp³-hybridized carbons (Fsp3) is 0.500. The Morgan fingerprint density at radius 1 is 1.43 bits per heavy atom. The lowest BCUT2D eigenvalue weighted by atomic mass is 9.97. The van der Waals surface area contributed by atoms with Gasteiger partial charge in [0.25, 0.3) is 0 Å². The van der Waals surface area contributed by atoms with Gasteiger partial charge in [-0.05, 0) is 42.9 Å². The van der Waals surface area contributed by atoms with Gasteiger partial charge in [-0.25, -0.2) is 0 Å². The van der Waals surface area contributed by atoms with Gasteiger partial charge < -0.3 is 15.8 Å². The molecule has 0 spiro atoms. The van der Waals surface area contributed by atoms with Crippen LogP contribution < -0.4 is 11.1 Å². The van der Waals surface area contributed by atoms with Gasteiger partial charge in [-0.15, -0.1) is 0 Å². The van der Waals surface area contributed by atoms with E-state index in [4.69, 9.17) is 5.73 Å². The molecule has 3 N–H and O–H groups in total. The highest BCUT2D eigenvalue weighted by Gasteiger charge is 2.15. The Morgan fingerprint density at radius 2 is 2.24 bits per heavy atom. The van der Waals surface area contributed by atoms with E-state index in [0.29, 0.717) is 19.3 Å². The van der Waals surface area contributed by atoms with Gasteiger partial charge in [0.15, 0.2) is 0 Å². The zero-order valence-electron chi connectivity index (χ0n) is 12.4. The van der Waals surface area contributed by atoms with Gasteiger partial charge in [0.1, 0.15) is 0 Å². The standard InChI is InChI=1S/C16H22N2O3/c1-21-16(20)7-3-5-13(17)11-8-9-14-12(10-11)4-2-6-15(19)18-14/h8-10,13H,2-7,17H2,1H3,(H,18,19). The molecule has 1 aliphatic rings. The molecule has 1 atom stereocenters. The molecule has 5 heteroatoms. The summed E-state index contributed by atoms with van der Waals surface area (Å²) in [6.07, 6.45) is 4.15. The molecule has 5 nitrogen and oxygen atoms in total.